The molecule has 1 aromatic carbocycles. The van der Waals surface area contributed by atoms with Crippen LogP contribution in [-0.2, 0) is 0 Å². The molecule has 66 valence electrons. The zero-order valence-corrected chi connectivity index (χ0v) is 7.31. The van der Waals surface area contributed by atoms with Crippen LogP contribution in [0.15, 0.2) is 24.3 Å². The van der Waals surface area contributed by atoms with Crippen molar-refractivity contribution in [1.29, 1.82) is 0 Å². The standard InChI is InChI=1S/C7H6ClN5/c8-5-1-3-6(4-2-5)13-7(9)10-11-12-13/h1-4H,(H2,9,10,12). The van der Waals surface area contributed by atoms with Crippen molar-refractivity contribution >= 4 is 17.5 Å². The maximum Gasteiger partial charge on any atom is 0.245 e. The Morgan fingerprint density at radius 2 is 1.92 bits per heavy atom. The molecule has 2 aromatic rings. The van der Waals surface area contributed by atoms with Gasteiger partial charge in [0.05, 0.1) is 5.69 Å². The third kappa shape index (κ3) is 1.46. The minimum atomic E-state index is 0.252. The highest BCUT2D eigenvalue weighted by Gasteiger charge is 2.02. The number of hydrogen-bond acceptors (Lipinski definition) is 4. The maximum absolute atomic E-state index is 5.72. The van der Waals surface area contributed by atoms with E-state index in [2.05, 4.69) is 15.5 Å². The summed E-state index contributed by atoms with van der Waals surface area (Å²) in [6.07, 6.45) is 0. The molecule has 0 aliphatic carbocycles. The van der Waals surface area contributed by atoms with Crippen molar-refractivity contribution < 1.29 is 0 Å². The molecular formula is C7H6ClN5. The second-order valence-electron chi connectivity index (χ2n) is 2.43. The van der Waals surface area contributed by atoms with Crippen molar-refractivity contribution in [2.45, 2.75) is 0 Å². The number of rotatable bonds is 1. The molecule has 1 aromatic heterocycles. The van der Waals surface area contributed by atoms with E-state index in [1.807, 2.05) is 0 Å². The molecule has 0 radical (unpaired) electrons. The molecule has 1 heterocycles. The van der Waals surface area contributed by atoms with Crippen molar-refractivity contribution in [3.8, 4) is 5.69 Å². The summed E-state index contributed by atoms with van der Waals surface area (Å²) in [5.41, 5.74) is 6.29. The fourth-order valence-corrected chi connectivity index (χ4v) is 1.09. The SMILES string of the molecule is Nc1nnnn1-c1ccc(Cl)cc1. The number of nitrogen functional groups attached to an aromatic ring is 1. The molecular weight excluding hydrogens is 190 g/mol. The Morgan fingerprint density at radius 3 is 2.46 bits per heavy atom. The summed E-state index contributed by atoms with van der Waals surface area (Å²) in [4.78, 5) is 0. The van der Waals surface area contributed by atoms with Gasteiger partial charge in [0.2, 0.25) is 5.95 Å². The van der Waals surface area contributed by atoms with E-state index >= 15 is 0 Å². The molecule has 2 N–H and O–H groups in total. The first-order valence-electron chi connectivity index (χ1n) is 3.57. The minimum Gasteiger partial charge on any atom is -0.366 e. The van der Waals surface area contributed by atoms with Crippen LogP contribution in [0.3, 0.4) is 0 Å². The van der Waals surface area contributed by atoms with E-state index in [1.165, 1.54) is 4.68 Å². The Kier molecular flexibility index (Phi) is 1.86. The highest BCUT2D eigenvalue weighted by atomic mass is 35.5. The lowest BCUT2D eigenvalue weighted by Crippen LogP contribution is -2.01. The number of anilines is 1. The maximum atomic E-state index is 5.72. The van der Waals surface area contributed by atoms with Gasteiger partial charge in [-0.1, -0.05) is 16.7 Å². The third-order valence-electron chi connectivity index (χ3n) is 1.56. The number of halogens is 1. The van der Waals surface area contributed by atoms with Crippen LogP contribution >= 0.6 is 11.6 Å². The van der Waals surface area contributed by atoms with E-state index in [0.717, 1.165) is 5.69 Å². The third-order valence-corrected chi connectivity index (χ3v) is 1.82. The van der Waals surface area contributed by atoms with E-state index in [9.17, 15) is 0 Å². The van der Waals surface area contributed by atoms with Gasteiger partial charge in [-0.2, -0.15) is 4.68 Å². The van der Waals surface area contributed by atoms with Crippen molar-refractivity contribution in [2.75, 3.05) is 5.73 Å². The van der Waals surface area contributed by atoms with Gasteiger partial charge >= 0.3 is 0 Å². The summed E-state index contributed by atoms with van der Waals surface area (Å²) in [5.74, 6) is 0.252. The van der Waals surface area contributed by atoms with Gasteiger partial charge in [-0.3, -0.25) is 0 Å². The zero-order valence-electron chi connectivity index (χ0n) is 6.55. The molecule has 5 nitrogen and oxygen atoms in total. The predicted molar refractivity (Wildman–Crippen MR) is 48.6 cm³/mol. The molecule has 0 aliphatic rings. The van der Waals surface area contributed by atoms with E-state index in [0.29, 0.717) is 5.02 Å². The van der Waals surface area contributed by atoms with Crippen molar-refractivity contribution in [3.63, 3.8) is 0 Å². The van der Waals surface area contributed by atoms with Gasteiger partial charge in [0.25, 0.3) is 0 Å². The van der Waals surface area contributed by atoms with Crippen molar-refractivity contribution in [2.24, 2.45) is 0 Å². The molecule has 6 heteroatoms. The van der Waals surface area contributed by atoms with Crippen LogP contribution in [0.5, 0.6) is 0 Å². The number of nitrogens with zero attached hydrogens (tertiary/aromatic N) is 4. The average molecular weight is 196 g/mol. The van der Waals surface area contributed by atoms with Crippen LogP contribution < -0.4 is 5.73 Å². The van der Waals surface area contributed by atoms with Crippen LogP contribution in [-0.4, -0.2) is 20.2 Å². The first kappa shape index (κ1) is 8.00. The second-order valence-corrected chi connectivity index (χ2v) is 2.86. The minimum absolute atomic E-state index is 0.252. The van der Waals surface area contributed by atoms with Gasteiger partial charge in [-0.05, 0) is 34.7 Å². The van der Waals surface area contributed by atoms with E-state index < -0.39 is 0 Å². The molecule has 0 aliphatic heterocycles. The normalized spacial score (nSPS) is 10.2. The number of tetrazole rings is 1. The first-order chi connectivity index (χ1) is 6.27. The van der Waals surface area contributed by atoms with Gasteiger partial charge in [0.15, 0.2) is 0 Å². The molecule has 0 unspecified atom stereocenters. The predicted octanol–water partition coefficient (Wildman–Crippen LogP) is 0.898. The Labute approximate surface area is 79.1 Å². The summed E-state index contributed by atoms with van der Waals surface area (Å²) in [6.45, 7) is 0. The largest absolute Gasteiger partial charge is 0.366 e. The lowest BCUT2D eigenvalue weighted by molar-refractivity contribution is 0.792. The Morgan fingerprint density at radius 1 is 1.23 bits per heavy atom. The monoisotopic (exact) mass is 195 g/mol. The molecule has 13 heavy (non-hydrogen) atoms. The van der Waals surface area contributed by atoms with Crippen LogP contribution in [0.25, 0.3) is 5.69 Å². The Hall–Kier alpha value is -1.62. The fraction of sp³-hybridized carbons (Fsp3) is 0. The molecule has 0 atom stereocenters. The number of aromatic nitrogens is 4. The molecule has 0 saturated heterocycles. The summed E-state index contributed by atoms with van der Waals surface area (Å²) in [7, 11) is 0. The van der Waals surface area contributed by atoms with Gasteiger partial charge in [0, 0.05) is 5.02 Å². The smallest absolute Gasteiger partial charge is 0.245 e. The number of nitrogens with two attached hydrogens (primary N) is 1. The van der Waals surface area contributed by atoms with Crippen LogP contribution in [0.4, 0.5) is 5.95 Å². The molecule has 0 amide bonds. The van der Waals surface area contributed by atoms with Gasteiger partial charge in [-0.15, -0.1) is 0 Å². The van der Waals surface area contributed by atoms with E-state index in [1.54, 1.807) is 24.3 Å². The Bertz CT molecular complexity index is 407. The first-order valence-corrected chi connectivity index (χ1v) is 3.95. The summed E-state index contributed by atoms with van der Waals surface area (Å²) in [5, 5.41) is 11.4. The second kappa shape index (κ2) is 3.02. The molecule has 0 bridgehead atoms. The number of benzene rings is 1. The zero-order chi connectivity index (χ0) is 9.26. The molecule has 0 fully saturated rings. The molecule has 2 rings (SSSR count). The van der Waals surface area contributed by atoms with Crippen molar-refractivity contribution in [3.05, 3.63) is 29.3 Å². The van der Waals surface area contributed by atoms with Crippen LogP contribution in [0.1, 0.15) is 0 Å². The summed E-state index contributed by atoms with van der Waals surface area (Å²) >= 11 is 5.72. The summed E-state index contributed by atoms with van der Waals surface area (Å²) < 4.78 is 1.43. The lowest BCUT2D eigenvalue weighted by atomic mass is 10.3. The van der Waals surface area contributed by atoms with E-state index in [4.69, 9.17) is 17.3 Å². The van der Waals surface area contributed by atoms with Crippen molar-refractivity contribution in [1.82, 2.24) is 20.2 Å². The molecule has 0 spiro atoms. The Balaban J connectivity index is 2.47. The molecule has 0 saturated carbocycles. The fourth-order valence-electron chi connectivity index (χ4n) is 0.960. The van der Waals surface area contributed by atoms with E-state index in [-0.39, 0.29) is 5.95 Å². The van der Waals surface area contributed by atoms with Gasteiger partial charge < -0.3 is 5.73 Å². The van der Waals surface area contributed by atoms with Gasteiger partial charge in [-0.25, -0.2) is 0 Å². The van der Waals surface area contributed by atoms with Gasteiger partial charge in [0.1, 0.15) is 0 Å². The van der Waals surface area contributed by atoms with Crippen LogP contribution in [0.2, 0.25) is 5.02 Å². The average Bonchev–Trinajstić information content (AvgIpc) is 2.53. The quantitative estimate of drug-likeness (QED) is 0.734. The summed E-state index contributed by atoms with van der Waals surface area (Å²) in [6, 6.07) is 7.07. The van der Waals surface area contributed by atoms with Crippen LogP contribution in [0, 0.1) is 0 Å². The topological polar surface area (TPSA) is 69.6 Å². The lowest BCUT2D eigenvalue weighted by Gasteiger charge is -1.99. The highest BCUT2D eigenvalue weighted by Crippen LogP contribution is 2.13. The number of hydrogen-bond donors (Lipinski definition) is 1. The highest BCUT2D eigenvalue weighted by molar-refractivity contribution is 6.30.